The van der Waals surface area contributed by atoms with Crippen LogP contribution in [0.4, 0.5) is 11.6 Å². The van der Waals surface area contributed by atoms with Gasteiger partial charge in [-0.2, -0.15) is 0 Å². The number of nitrogens with zero attached hydrogens (tertiary/aromatic N) is 3. The molecule has 0 fully saturated rings. The number of amides is 1. The molecular weight excluding hydrogens is 286 g/mol. The van der Waals surface area contributed by atoms with E-state index < -0.39 is 0 Å². The maximum atomic E-state index is 12.0. The van der Waals surface area contributed by atoms with E-state index in [0.717, 1.165) is 18.5 Å². The van der Waals surface area contributed by atoms with Crippen LogP contribution in [-0.4, -0.2) is 26.4 Å². The molecule has 0 aliphatic heterocycles. The van der Waals surface area contributed by atoms with Crippen molar-refractivity contribution in [1.29, 1.82) is 0 Å². The Morgan fingerprint density at radius 1 is 1.38 bits per heavy atom. The number of hydrogen-bond acceptors (Lipinski definition) is 5. The Morgan fingerprint density at radius 2 is 2.19 bits per heavy atom. The molecule has 0 bridgehead atoms. The molecule has 1 aliphatic carbocycles. The van der Waals surface area contributed by atoms with Gasteiger partial charge in [0.2, 0.25) is 11.9 Å². The van der Waals surface area contributed by atoms with Gasteiger partial charge in [-0.15, -0.1) is 10.2 Å². The first kappa shape index (κ1) is 13.9. The van der Waals surface area contributed by atoms with Gasteiger partial charge < -0.3 is 11.1 Å². The van der Waals surface area contributed by atoms with Crippen LogP contribution < -0.4 is 11.1 Å². The van der Waals surface area contributed by atoms with Crippen LogP contribution in [0.3, 0.4) is 0 Å². The van der Waals surface area contributed by atoms with Crippen molar-refractivity contribution in [1.82, 2.24) is 14.8 Å². The van der Waals surface area contributed by atoms with Crippen molar-refractivity contribution in [3.63, 3.8) is 0 Å². The maximum absolute atomic E-state index is 12.0. The summed E-state index contributed by atoms with van der Waals surface area (Å²) in [7, 11) is 1.77. The molecular formula is C14H17N5OS. The van der Waals surface area contributed by atoms with Gasteiger partial charge in [-0.05, 0) is 42.5 Å². The summed E-state index contributed by atoms with van der Waals surface area (Å²) in [5.41, 5.74) is 9.21. The normalized spacial score (nSPS) is 13.2. The molecule has 0 saturated heterocycles. The summed E-state index contributed by atoms with van der Waals surface area (Å²) < 4.78 is 1.66. The van der Waals surface area contributed by atoms with Crippen molar-refractivity contribution >= 4 is 29.3 Å². The molecule has 0 atom stereocenters. The second-order valence-corrected chi connectivity index (χ2v) is 6.02. The van der Waals surface area contributed by atoms with Crippen molar-refractivity contribution < 1.29 is 4.79 Å². The Hall–Kier alpha value is -2.02. The highest BCUT2D eigenvalue weighted by molar-refractivity contribution is 7.99. The van der Waals surface area contributed by atoms with Gasteiger partial charge in [0.05, 0.1) is 5.75 Å². The third-order valence-electron chi connectivity index (χ3n) is 3.58. The number of nitrogens with one attached hydrogen (secondary N) is 1. The number of aromatic nitrogens is 3. The number of nitrogens with two attached hydrogens (primary N) is 1. The molecule has 0 unspecified atom stereocenters. The minimum atomic E-state index is -0.0560. The Balaban J connectivity index is 1.58. The largest absolute Gasteiger partial charge is 0.368 e. The molecule has 1 aliphatic rings. The van der Waals surface area contributed by atoms with Gasteiger partial charge in [-0.1, -0.05) is 17.8 Å². The lowest BCUT2D eigenvalue weighted by Gasteiger charge is -2.07. The lowest BCUT2D eigenvalue weighted by molar-refractivity contribution is -0.113. The highest BCUT2D eigenvalue weighted by Gasteiger charge is 2.13. The predicted octanol–water partition coefficient (Wildman–Crippen LogP) is 1.62. The smallest absolute Gasteiger partial charge is 0.234 e. The molecule has 1 aromatic carbocycles. The van der Waals surface area contributed by atoms with Gasteiger partial charge in [0.1, 0.15) is 0 Å². The molecule has 1 amide bonds. The first-order chi connectivity index (χ1) is 10.1. The van der Waals surface area contributed by atoms with E-state index in [1.165, 1.54) is 29.3 Å². The Morgan fingerprint density at radius 3 is 2.95 bits per heavy atom. The number of aryl methyl sites for hydroxylation is 2. The summed E-state index contributed by atoms with van der Waals surface area (Å²) in [4.78, 5) is 12.0. The third kappa shape index (κ3) is 3.02. The molecule has 2 aromatic rings. The highest BCUT2D eigenvalue weighted by Crippen LogP contribution is 2.25. The SMILES string of the molecule is Cn1c(N)nnc1SCC(=O)Nc1ccc2c(c1)CCC2. The summed E-state index contributed by atoms with van der Waals surface area (Å²) >= 11 is 1.32. The quantitative estimate of drug-likeness (QED) is 0.838. The van der Waals surface area contributed by atoms with Crippen LogP contribution in [0.1, 0.15) is 17.5 Å². The summed E-state index contributed by atoms with van der Waals surface area (Å²) in [6.07, 6.45) is 3.45. The number of benzene rings is 1. The van der Waals surface area contributed by atoms with Crippen LogP contribution in [0.25, 0.3) is 0 Å². The van der Waals surface area contributed by atoms with Crippen LogP contribution in [0.5, 0.6) is 0 Å². The second-order valence-electron chi connectivity index (χ2n) is 5.07. The molecule has 0 saturated carbocycles. The van der Waals surface area contributed by atoms with Crippen molar-refractivity contribution in [2.45, 2.75) is 24.4 Å². The van der Waals surface area contributed by atoms with Gasteiger partial charge >= 0.3 is 0 Å². The summed E-state index contributed by atoms with van der Waals surface area (Å²) in [6, 6.07) is 6.15. The van der Waals surface area contributed by atoms with Gasteiger partial charge in [0.25, 0.3) is 0 Å². The number of carbonyl (C=O) groups excluding carboxylic acids is 1. The molecule has 6 nitrogen and oxygen atoms in total. The molecule has 3 rings (SSSR count). The average Bonchev–Trinajstić information content (AvgIpc) is 3.05. The monoisotopic (exact) mass is 303 g/mol. The van der Waals surface area contributed by atoms with Crippen molar-refractivity contribution in [2.24, 2.45) is 7.05 Å². The number of fused-ring (bicyclic) bond motifs is 1. The minimum absolute atomic E-state index is 0.0560. The molecule has 0 spiro atoms. The number of thioether (sulfide) groups is 1. The zero-order chi connectivity index (χ0) is 14.8. The fourth-order valence-electron chi connectivity index (χ4n) is 2.43. The van der Waals surface area contributed by atoms with Crippen LogP contribution in [0, 0.1) is 0 Å². The zero-order valence-electron chi connectivity index (χ0n) is 11.8. The van der Waals surface area contributed by atoms with Gasteiger partial charge in [-0.25, -0.2) is 0 Å². The third-order valence-corrected chi connectivity index (χ3v) is 4.60. The molecule has 21 heavy (non-hydrogen) atoms. The summed E-state index contributed by atoms with van der Waals surface area (Å²) in [5.74, 6) is 0.569. The first-order valence-corrected chi connectivity index (χ1v) is 7.81. The van der Waals surface area contributed by atoms with Crippen LogP contribution >= 0.6 is 11.8 Å². The van der Waals surface area contributed by atoms with Crippen molar-refractivity contribution in [2.75, 3.05) is 16.8 Å². The first-order valence-electron chi connectivity index (χ1n) is 6.83. The van der Waals surface area contributed by atoms with Gasteiger partial charge in [-0.3, -0.25) is 9.36 Å². The predicted molar refractivity (Wildman–Crippen MR) is 83.2 cm³/mol. The number of hydrogen-bond donors (Lipinski definition) is 2. The number of rotatable bonds is 4. The molecule has 3 N–H and O–H groups in total. The van der Waals surface area contributed by atoms with Crippen LogP contribution in [0.15, 0.2) is 23.4 Å². The topological polar surface area (TPSA) is 85.8 Å². The second kappa shape index (κ2) is 5.77. The fraction of sp³-hybridized carbons (Fsp3) is 0.357. The van der Waals surface area contributed by atoms with Crippen LogP contribution in [-0.2, 0) is 24.7 Å². The molecule has 7 heteroatoms. The van der Waals surface area contributed by atoms with Gasteiger partial charge in [0, 0.05) is 12.7 Å². The average molecular weight is 303 g/mol. The van der Waals surface area contributed by atoms with E-state index in [4.69, 9.17) is 5.73 Å². The van der Waals surface area contributed by atoms with E-state index in [1.54, 1.807) is 11.6 Å². The van der Waals surface area contributed by atoms with E-state index in [2.05, 4.69) is 27.6 Å². The molecule has 1 aromatic heterocycles. The molecule has 110 valence electrons. The summed E-state index contributed by atoms with van der Waals surface area (Å²) in [6.45, 7) is 0. The lowest BCUT2D eigenvalue weighted by atomic mass is 10.1. The minimum Gasteiger partial charge on any atom is -0.368 e. The summed E-state index contributed by atoms with van der Waals surface area (Å²) in [5, 5.41) is 11.2. The Kier molecular flexibility index (Phi) is 3.83. The van der Waals surface area contributed by atoms with E-state index in [9.17, 15) is 4.79 Å². The number of anilines is 2. The van der Waals surface area contributed by atoms with Crippen LogP contribution in [0.2, 0.25) is 0 Å². The number of nitrogen functional groups attached to an aromatic ring is 1. The van der Waals surface area contributed by atoms with Crippen molar-refractivity contribution in [3.05, 3.63) is 29.3 Å². The Labute approximate surface area is 127 Å². The van der Waals surface area contributed by atoms with Gasteiger partial charge in [0.15, 0.2) is 5.16 Å². The maximum Gasteiger partial charge on any atom is 0.234 e. The number of carbonyl (C=O) groups is 1. The standard InChI is InChI=1S/C14H17N5OS/c1-19-13(15)17-18-14(19)21-8-12(20)16-11-6-5-9-3-2-4-10(9)7-11/h5-7H,2-4,8H2,1H3,(H2,15,17)(H,16,20). The molecule has 0 radical (unpaired) electrons. The van der Waals surface area contributed by atoms with E-state index in [0.29, 0.717) is 11.1 Å². The molecule has 1 heterocycles. The zero-order valence-corrected chi connectivity index (χ0v) is 12.6. The van der Waals surface area contributed by atoms with E-state index in [1.807, 2.05) is 6.07 Å². The lowest BCUT2D eigenvalue weighted by Crippen LogP contribution is -2.14. The fourth-order valence-corrected chi connectivity index (χ4v) is 3.15. The Bertz CT molecular complexity index is 682. The van der Waals surface area contributed by atoms with E-state index >= 15 is 0 Å². The highest BCUT2D eigenvalue weighted by atomic mass is 32.2. The van der Waals surface area contributed by atoms with E-state index in [-0.39, 0.29) is 11.7 Å². The van der Waals surface area contributed by atoms with Crippen molar-refractivity contribution in [3.8, 4) is 0 Å².